The number of fused-ring (bicyclic) bond motifs is 3. The Morgan fingerprint density at radius 3 is 2.11 bits per heavy atom. The Balaban J connectivity index is 2.13. The lowest BCUT2D eigenvalue weighted by atomic mass is 9.86. The third-order valence-electron chi connectivity index (χ3n) is 5.08. The molecule has 0 heterocycles. The highest BCUT2D eigenvalue weighted by Crippen LogP contribution is 2.48. The Morgan fingerprint density at radius 2 is 1.63 bits per heavy atom. The smallest absolute Gasteiger partial charge is 0.335 e. The zero-order valence-corrected chi connectivity index (χ0v) is 15.3. The molecule has 6 heteroatoms. The van der Waals surface area contributed by atoms with Gasteiger partial charge in [0, 0.05) is 0 Å². The fraction of sp³-hybridized carbons (Fsp3) is 0.333. The second-order valence-electron chi connectivity index (χ2n) is 6.65. The first-order chi connectivity index (χ1) is 13.1. The van der Waals surface area contributed by atoms with Crippen molar-refractivity contribution in [1.82, 2.24) is 5.32 Å². The topological polar surface area (TPSA) is 102 Å². The number of ether oxygens (including phenoxy) is 1. The van der Waals surface area contributed by atoms with Crippen molar-refractivity contribution in [2.75, 3.05) is 13.7 Å². The first-order valence-electron chi connectivity index (χ1n) is 9.04. The van der Waals surface area contributed by atoms with Crippen molar-refractivity contribution < 1.29 is 19.4 Å². The van der Waals surface area contributed by atoms with E-state index in [9.17, 15) is 14.7 Å². The van der Waals surface area contributed by atoms with E-state index in [0.717, 1.165) is 17.5 Å². The zero-order chi connectivity index (χ0) is 19.4. The molecule has 0 radical (unpaired) electrons. The van der Waals surface area contributed by atoms with Gasteiger partial charge in [-0.05, 0) is 41.6 Å². The maximum Gasteiger partial charge on any atom is 0.335 e. The number of methoxy groups -OCH3 is 1. The van der Waals surface area contributed by atoms with Gasteiger partial charge in [0.2, 0.25) is 0 Å². The number of nitrogens with two attached hydrogens (primary N) is 1. The van der Waals surface area contributed by atoms with Crippen LogP contribution < -0.4 is 11.1 Å². The van der Waals surface area contributed by atoms with Crippen molar-refractivity contribution in [3.63, 3.8) is 0 Å². The van der Waals surface area contributed by atoms with Crippen molar-refractivity contribution in [1.29, 1.82) is 0 Å². The van der Waals surface area contributed by atoms with E-state index in [-0.39, 0.29) is 0 Å². The highest BCUT2D eigenvalue weighted by atomic mass is 16.5. The molecule has 1 aliphatic carbocycles. The molecule has 2 aromatic carbocycles. The Labute approximate surface area is 158 Å². The summed E-state index contributed by atoms with van der Waals surface area (Å²) in [7, 11) is 1.32. The van der Waals surface area contributed by atoms with Crippen LogP contribution in [0.3, 0.4) is 0 Å². The molecule has 0 saturated heterocycles. The summed E-state index contributed by atoms with van der Waals surface area (Å²) in [6.45, 7) is 0.500. The molecule has 0 fully saturated rings. The number of hydrogen-bond donors (Lipinski definition) is 3. The van der Waals surface area contributed by atoms with Gasteiger partial charge in [0.25, 0.3) is 0 Å². The average Bonchev–Trinajstić information content (AvgIpc) is 2.98. The van der Waals surface area contributed by atoms with E-state index in [4.69, 9.17) is 10.5 Å². The molecular formula is C21H24N2O4. The SMILES string of the molecule is COC(=O)C1(N[C@@H](CCCCN)C(=O)O)c2ccccc2-c2ccccc21. The number of benzene rings is 2. The Bertz CT molecular complexity index is 804. The standard InChI is InChI=1S/C21H24N2O4/c1-27-20(26)21(23-18(19(24)25)12-6-7-13-22)16-10-4-2-8-14(16)15-9-3-5-11-17(15)21/h2-5,8-11,18,23H,6-7,12-13,22H2,1H3,(H,24,25)/t18-/m0/s1. The first kappa shape index (κ1) is 19.1. The van der Waals surface area contributed by atoms with Crippen LogP contribution in [0.4, 0.5) is 0 Å². The monoisotopic (exact) mass is 368 g/mol. The summed E-state index contributed by atoms with van der Waals surface area (Å²) in [6, 6.07) is 14.1. The second kappa shape index (κ2) is 7.90. The van der Waals surface area contributed by atoms with E-state index in [0.29, 0.717) is 30.5 Å². The molecule has 0 aromatic heterocycles. The number of nitrogens with one attached hydrogen (secondary N) is 1. The van der Waals surface area contributed by atoms with Crippen molar-refractivity contribution in [3.05, 3.63) is 59.7 Å². The molecule has 27 heavy (non-hydrogen) atoms. The van der Waals surface area contributed by atoms with Crippen LogP contribution in [-0.4, -0.2) is 36.7 Å². The lowest BCUT2D eigenvalue weighted by molar-refractivity contribution is -0.149. The summed E-state index contributed by atoms with van der Waals surface area (Å²) in [6.07, 6.45) is 1.75. The van der Waals surface area contributed by atoms with Gasteiger partial charge >= 0.3 is 11.9 Å². The quantitative estimate of drug-likeness (QED) is 0.488. The molecule has 1 aliphatic rings. The molecule has 2 aromatic rings. The molecule has 0 bridgehead atoms. The van der Waals surface area contributed by atoms with Gasteiger partial charge in [0.05, 0.1) is 7.11 Å². The Kier molecular flexibility index (Phi) is 5.58. The molecule has 3 rings (SSSR count). The fourth-order valence-corrected chi connectivity index (χ4v) is 3.83. The highest BCUT2D eigenvalue weighted by molar-refractivity contribution is 5.98. The summed E-state index contributed by atoms with van der Waals surface area (Å²) in [5.41, 5.74) is 7.40. The van der Waals surface area contributed by atoms with Gasteiger partial charge in [-0.15, -0.1) is 0 Å². The number of rotatable bonds is 8. The van der Waals surface area contributed by atoms with E-state index in [1.807, 2.05) is 48.5 Å². The second-order valence-corrected chi connectivity index (χ2v) is 6.65. The predicted molar refractivity (Wildman–Crippen MR) is 102 cm³/mol. The van der Waals surface area contributed by atoms with Gasteiger partial charge in [-0.25, -0.2) is 4.79 Å². The maximum atomic E-state index is 13.1. The number of carboxylic acids is 1. The van der Waals surface area contributed by atoms with E-state index < -0.39 is 23.5 Å². The number of carboxylic acid groups (broad SMARTS) is 1. The Hall–Kier alpha value is -2.70. The Morgan fingerprint density at radius 1 is 1.07 bits per heavy atom. The molecule has 0 aliphatic heterocycles. The summed E-state index contributed by atoms with van der Waals surface area (Å²) in [5, 5.41) is 12.9. The van der Waals surface area contributed by atoms with E-state index in [2.05, 4.69) is 5.32 Å². The van der Waals surface area contributed by atoms with Crippen molar-refractivity contribution in [2.45, 2.75) is 30.8 Å². The van der Waals surface area contributed by atoms with Crippen LogP contribution in [0.1, 0.15) is 30.4 Å². The van der Waals surface area contributed by atoms with Crippen LogP contribution in [0.25, 0.3) is 11.1 Å². The van der Waals surface area contributed by atoms with Gasteiger partial charge < -0.3 is 15.6 Å². The minimum atomic E-state index is -1.35. The minimum absolute atomic E-state index is 0.371. The van der Waals surface area contributed by atoms with E-state index in [1.165, 1.54) is 7.11 Å². The van der Waals surface area contributed by atoms with Crippen molar-refractivity contribution in [3.8, 4) is 11.1 Å². The molecule has 0 spiro atoms. The van der Waals surface area contributed by atoms with Crippen molar-refractivity contribution in [2.24, 2.45) is 5.73 Å². The number of esters is 1. The first-order valence-corrected chi connectivity index (χ1v) is 9.04. The molecule has 6 nitrogen and oxygen atoms in total. The van der Waals surface area contributed by atoms with Gasteiger partial charge in [-0.1, -0.05) is 55.0 Å². The van der Waals surface area contributed by atoms with Crippen LogP contribution in [0.5, 0.6) is 0 Å². The third-order valence-corrected chi connectivity index (χ3v) is 5.08. The molecule has 1 atom stereocenters. The van der Waals surface area contributed by atoms with Crippen LogP contribution >= 0.6 is 0 Å². The number of unbranched alkanes of at least 4 members (excludes halogenated alkanes) is 1. The average molecular weight is 368 g/mol. The third kappa shape index (κ3) is 3.22. The minimum Gasteiger partial charge on any atom is -0.480 e. The van der Waals surface area contributed by atoms with Crippen LogP contribution in [0, 0.1) is 0 Å². The summed E-state index contributed by atoms with van der Waals surface area (Å²) >= 11 is 0. The maximum absolute atomic E-state index is 13.1. The molecular weight excluding hydrogens is 344 g/mol. The lowest BCUT2D eigenvalue weighted by Gasteiger charge is -2.33. The summed E-state index contributed by atoms with van der Waals surface area (Å²) in [4.78, 5) is 25.0. The van der Waals surface area contributed by atoms with Crippen LogP contribution in [0.2, 0.25) is 0 Å². The lowest BCUT2D eigenvalue weighted by Crippen LogP contribution is -2.56. The van der Waals surface area contributed by atoms with Gasteiger partial charge in [-0.3, -0.25) is 10.1 Å². The largest absolute Gasteiger partial charge is 0.480 e. The van der Waals surface area contributed by atoms with Gasteiger partial charge in [-0.2, -0.15) is 0 Å². The predicted octanol–water partition coefficient (Wildman–Crippen LogP) is 2.26. The fourth-order valence-electron chi connectivity index (χ4n) is 3.83. The van der Waals surface area contributed by atoms with E-state index >= 15 is 0 Å². The summed E-state index contributed by atoms with van der Waals surface area (Å²) in [5.74, 6) is -1.53. The number of carbonyl (C=O) groups excluding carboxylic acids is 1. The number of hydrogen-bond acceptors (Lipinski definition) is 5. The summed E-state index contributed by atoms with van der Waals surface area (Å²) < 4.78 is 5.14. The molecule has 142 valence electrons. The zero-order valence-electron chi connectivity index (χ0n) is 15.3. The highest BCUT2D eigenvalue weighted by Gasteiger charge is 2.51. The van der Waals surface area contributed by atoms with Gasteiger partial charge in [0.1, 0.15) is 6.04 Å². The van der Waals surface area contributed by atoms with E-state index in [1.54, 1.807) is 0 Å². The van der Waals surface area contributed by atoms with Gasteiger partial charge in [0.15, 0.2) is 5.54 Å². The number of aliphatic carboxylic acids is 1. The normalized spacial score (nSPS) is 14.9. The molecule has 0 amide bonds. The van der Waals surface area contributed by atoms with Crippen molar-refractivity contribution >= 4 is 11.9 Å². The molecule has 0 unspecified atom stereocenters. The van der Waals surface area contributed by atoms with Crippen LogP contribution in [-0.2, 0) is 19.9 Å². The number of carbonyl (C=O) groups is 2. The molecule has 0 saturated carbocycles. The molecule has 4 N–H and O–H groups in total. The van der Waals surface area contributed by atoms with Crippen LogP contribution in [0.15, 0.2) is 48.5 Å².